The van der Waals surface area contributed by atoms with Gasteiger partial charge in [-0.2, -0.15) is 5.10 Å². The Kier molecular flexibility index (Phi) is 5.38. The second-order valence-corrected chi connectivity index (χ2v) is 7.52. The number of nitrogens with zero attached hydrogens (tertiary/aromatic N) is 4. The first-order valence-electron chi connectivity index (χ1n) is 8.94. The molecule has 8 heteroatoms. The van der Waals surface area contributed by atoms with E-state index in [1.807, 2.05) is 12.1 Å². The lowest BCUT2D eigenvalue weighted by molar-refractivity contribution is -0.384. The summed E-state index contributed by atoms with van der Waals surface area (Å²) in [5.41, 5.74) is 6.46. The number of aromatic nitrogens is 1. The maximum Gasteiger partial charge on any atom is 0.313 e. The summed E-state index contributed by atoms with van der Waals surface area (Å²) >= 11 is 6.50. The third kappa shape index (κ3) is 3.71. The predicted molar refractivity (Wildman–Crippen MR) is 114 cm³/mol. The molecule has 0 radical (unpaired) electrons. The van der Waals surface area contributed by atoms with E-state index < -0.39 is 4.92 Å². The van der Waals surface area contributed by atoms with Gasteiger partial charge in [-0.15, -0.1) is 0 Å². The van der Waals surface area contributed by atoms with Crippen molar-refractivity contribution in [2.75, 3.05) is 16.9 Å². The normalized spacial score (nSPS) is 15.3. The zero-order chi connectivity index (χ0) is 20.5. The first-order valence-corrected chi connectivity index (χ1v) is 9.32. The molecule has 0 saturated heterocycles. The zero-order valence-electron chi connectivity index (χ0n) is 16.2. The summed E-state index contributed by atoms with van der Waals surface area (Å²) in [6, 6.07) is 6.80. The van der Waals surface area contributed by atoms with Crippen molar-refractivity contribution in [3.05, 3.63) is 62.8 Å². The van der Waals surface area contributed by atoms with Gasteiger partial charge in [0.25, 0.3) is 0 Å². The summed E-state index contributed by atoms with van der Waals surface area (Å²) in [6.45, 7) is 9.41. The number of anilines is 2. The van der Waals surface area contributed by atoms with E-state index in [1.165, 1.54) is 23.9 Å². The molecule has 0 amide bonds. The highest BCUT2D eigenvalue weighted by Gasteiger charge is 2.30. The first kappa shape index (κ1) is 19.8. The molecule has 1 N–H and O–H groups in total. The highest BCUT2D eigenvalue weighted by Crippen LogP contribution is 2.40. The molecule has 0 saturated carbocycles. The topological polar surface area (TPSA) is 83.7 Å². The predicted octanol–water partition coefficient (Wildman–Crippen LogP) is 5.11. The van der Waals surface area contributed by atoms with Crippen LogP contribution in [0.4, 0.5) is 17.2 Å². The maximum absolute atomic E-state index is 11.1. The number of hydrazone groups is 1. The second kappa shape index (κ2) is 7.59. The number of nitrogens with one attached hydrogen (secondary N) is 1. The zero-order valence-corrected chi connectivity index (χ0v) is 17.0. The van der Waals surface area contributed by atoms with Gasteiger partial charge in [0.15, 0.2) is 0 Å². The molecule has 0 bridgehead atoms. The fourth-order valence-corrected chi connectivity index (χ4v) is 3.79. The van der Waals surface area contributed by atoms with Gasteiger partial charge in [-0.25, -0.2) is 4.98 Å². The lowest BCUT2D eigenvalue weighted by Crippen LogP contribution is -2.44. The summed E-state index contributed by atoms with van der Waals surface area (Å²) in [4.78, 5) is 16.8. The minimum atomic E-state index is -0.508. The second-order valence-electron chi connectivity index (χ2n) is 7.11. The molecule has 1 aromatic heterocycles. The standard InChI is InChI=1S/C20H22ClN5O2/c1-5-25-18-10-16(21)14(9-15(18)13(2)11-20(25,3)4)12-23-24-19-17(26(27)28)7-6-8-22-19/h6-12H,5H2,1-4H3,(H,22,24)/b23-12-. The van der Waals surface area contributed by atoms with Crippen LogP contribution in [0.5, 0.6) is 0 Å². The van der Waals surface area contributed by atoms with Crippen molar-refractivity contribution >= 4 is 40.6 Å². The van der Waals surface area contributed by atoms with Crippen molar-refractivity contribution in [3.63, 3.8) is 0 Å². The van der Waals surface area contributed by atoms with Gasteiger partial charge < -0.3 is 4.90 Å². The average molecular weight is 400 g/mol. The van der Waals surface area contributed by atoms with Crippen LogP contribution in [0, 0.1) is 10.1 Å². The minimum absolute atomic E-state index is 0.0767. The van der Waals surface area contributed by atoms with Crippen LogP contribution in [0.2, 0.25) is 5.02 Å². The van der Waals surface area contributed by atoms with Crippen molar-refractivity contribution in [3.8, 4) is 0 Å². The number of likely N-dealkylation sites (N-methyl/N-ethyl adjacent to an activating group) is 1. The Bertz CT molecular complexity index is 985. The molecule has 0 aliphatic carbocycles. The van der Waals surface area contributed by atoms with Gasteiger partial charge in [-0.3, -0.25) is 15.5 Å². The van der Waals surface area contributed by atoms with Crippen LogP contribution in [0.25, 0.3) is 5.57 Å². The molecule has 3 rings (SSSR count). The minimum Gasteiger partial charge on any atom is -0.363 e. The molecule has 146 valence electrons. The SMILES string of the molecule is CCN1c2cc(Cl)c(/C=N\Nc3ncccc3[N+](=O)[O-])cc2C(C)=CC1(C)C. The van der Waals surface area contributed by atoms with E-state index in [4.69, 9.17) is 11.6 Å². The molecule has 2 aromatic rings. The van der Waals surface area contributed by atoms with Crippen molar-refractivity contribution in [2.45, 2.75) is 33.2 Å². The smallest absolute Gasteiger partial charge is 0.313 e. The number of halogens is 1. The fourth-order valence-electron chi connectivity index (χ4n) is 3.58. The van der Waals surface area contributed by atoms with Crippen LogP contribution in [-0.2, 0) is 0 Å². The molecule has 0 unspecified atom stereocenters. The van der Waals surface area contributed by atoms with Crippen LogP contribution >= 0.6 is 11.6 Å². The van der Waals surface area contributed by atoms with E-state index in [2.05, 4.69) is 54.2 Å². The fraction of sp³-hybridized carbons (Fsp3) is 0.300. The molecule has 7 nitrogen and oxygen atoms in total. The lowest BCUT2D eigenvalue weighted by Gasteiger charge is -2.43. The Labute approximate surface area is 168 Å². The molecule has 0 spiro atoms. The number of hydrogen-bond donors (Lipinski definition) is 1. The quantitative estimate of drug-likeness (QED) is 0.429. The number of rotatable bonds is 5. The molecule has 0 fully saturated rings. The number of nitro groups is 1. The molecule has 0 atom stereocenters. The molecule has 1 aliphatic rings. The number of hydrogen-bond acceptors (Lipinski definition) is 6. The third-order valence-electron chi connectivity index (χ3n) is 4.77. The van der Waals surface area contributed by atoms with E-state index in [1.54, 1.807) is 6.21 Å². The van der Waals surface area contributed by atoms with Gasteiger partial charge in [0.2, 0.25) is 5.82 Å². The van der Waals surface area contributed by atoms with Gasteiger partial charge in [0, 0.05) is 35.6 Å². The van der Waals surface area contributed by atoms with Crippen molar-refractivity contribution in [1.29, 1.82) is 0 Å². The summed E-state index contributed by atoms with van der Waals surface area (Å²) in [7, 11) is 0. The van der Waals surface area contributed by atoms with Crippen LogP contribution in [-0.4, -0.2) is 28.2 Å². The third-order valence-corrected chi connectivity index (χ3v) is 5.10. The van der Waals surface area contributed by atoms with Crippen LogP contribution < -0.4 is 10.3 Å². The van der Waals surface area contributed by atoms with Crippen LogP contribution in [0.15, 0.2) is 41.6 Å². The Morgan fingerprint density at radius 2 is 2.18 bits per heavy atom. The number of fused-ring (bicyclic) bond motifs is 1. The number of pyridine rings is 1. The Hall–Kier alpha value is -2.93. The highest BCUT2D eigenvalue weighted by atomic mass is 35.5. The lowest BCUT2D eigenvalue weighted by atomic mass is 9.88. The summed E-state index contributed by atoms with van der Waals surface area (Å²) in [5, 5.41) is 15.7. The van der Waals surface area contributed by atoms with Crippen LogP contribution in [0.1, 0.15) is 38.8 Å². The molecule has 28 heavy (non-hydrogen) atoms. The number of benzene rings is 1. The van der Waals surface area contributed by atoms with E-state index in [0.717, 1.165) is 23.4 Å². The first-order chi connectivity index (χ1) is 13.2. The molecular formula is C20H22ClN5O2. The van der Waals surface area contributed by atoms with E-state index in [-0.39, 0.29) is 17.0 Å². The van der Waals surface area contributed by atoms with Crippen molar-refractivity contribution in [1.82, 2.24) is 4.98 Å². The molecular weight excluding hydrogens is 378 g/mol. The summed E-state index contributed by atoms with van der Waals surface area (Å²) in [5.74, 6) is 0.0767. The van der Waals surface area contributed by atoms with Gasteiger partial charge in [-0.1, -0.05) is 17.7 Å². The molecule has 2 heterocycles. The summed E-state index contributed by atoms with van der Waals surface area (Å²) in [6.07, 6.45) is 5.25. The van der Waals surface area contributed by atoms with E-state index in [9.17, 15) is 10.1 Å². The highest BCUT2D eigenvalue weighted by molar-refractivity contribution is 6.33. The van der Waals surface area contributed by atoms with Gasteiger partial charge in [-0.05, 0) is 51.5 Å². The van der Waals surface area contributed by atoms with Gasteiger partial charge >= 0.3 is 5.69 Å². The van der Waals surface area contributed by atoms with Crippen molar-refractivity contribution in [2.24, 2.45) is 5.10 Å². The monoisotopic (exact) mass is 399 g/mol. The van der Waals surface area contributed by atoms with E-state index in [0.29, 0.717) is 5.02 Å². The van der Waals surface area contributed by atoms with Crippen molar-refractivity contribution < 1.29 is 4.92 Å². The van der Waals surface area contributed by atoms with Gasteiger partial charge in [0.1, 0.15) is 0 Å². The van der Waals surface area contributed by atoms with E-state index >= 15 is 0 Å². The van der Waals surface area contributed by atoms with Gasteiger partial charge in [0.05, 0.1) is 21.7 Å². The Morgan fingerprint density at radius 3 is 2.86 bits per heavy atom. The average Bonchev–Trinajstić information content (AvgIpc) is 2.62. The maximum atomic E-state index is 11.1. The summed E-state index contributed by atoms with van der Waals surface area (Å²) < 4.78 is 0. The Morgan fingerprint density at radius 1 is 1.43 bits per heavy atom. The van der Waals surface area contributed by atoms with Crippen LogP contribution in [0.3, 0.4) is 0 Å². The molecule has 1 aromatic carbocycles. The molecule has 1 aliphatic heterocycles. The Balaban J connectivity index is 1.92. The number of allylic oxidation sites excluding steroid dienone is 1. The largest absolute Gasteiger partial charge is 0.363 e.